The maximum atomic E-state index is 12.4. The molecular formula is C11H10F3NO4. The zero-order valence-electron chi connectivity index (χ0n) is 9.44. The Morgan fingerprint density at radius 2 is 1.95 bits per heavy atom. The van der Waals surface area contributed by atoms with Crippen LogP contribution in [-0.2, 0) is 11.0 Å². The largest absolute Gasteiger partial charge is 0.480 e. The SMILES string of the molecule is O=C(NC(CO)C(=O)O)c1cccc(C(F)(F)F)c1. The third kappa shape index (κ3) is 3.95. The molecule has 0 heterocycles. The van der Waals surface area contributed by atoms with Crippen molar-refractivity contribution in [1.82, 2.24) is 5.32 Å². The van der Waals surface area contributed by atoms with Crippen molar-refractivity contribution in [2.75, 3.05) is 6.61 Å². The van der Waals surface area contributed by atoms with Crippen molar-refractivity contribution in [3.05, 3.63) is 35.4 Å². The number of rotatable bonds is 4. The standard InChI is InChI=1S/C11H10F3NO4/c12-11(13,14)7-3-1-2-6(4-7)9(17)15-8(5-16)10(18)19/h1-4,8,16H,5H2,(H,15,17)(H,18,19). The fraction of sp³-hybridized carbons (Fsp3) is 0.273. The lowest BCUT2D eigenvalue weighted by atomic mass is 10.1. The highest BCUT2D eigenvalue weighted by atomic mass is 19.4. The summed E-state index contributed by atoms with van der Waals surface area (Å²) in [6.45, 7) is -0.861. The molecule has 1 amide bonds. The second-order valence-electron chi connectivity index (χ2n) is 3.63. The molecule has 1 aromatic rings. The maximum Gasteiger partial charge on any atom is 0.416 e. The van der Waals surface area contributed by atoms with Crippen molar-refractivity contribution >= 4 is 11.9 Å². The van der Waals surface area contributed by atoms with Gasteiger partial charge in [-0.15, -0.1) is 0 Å². The van der Waals surface area contributed by atoms with Gasteiger partial charge in [-0.25, -0.2) is 4.79 Å². The van der Waals surface area contributed by atoms with Crippen LogP contribution < -0.4 is 5.32 Å². The van der Waals surface area contributed by atoms with Crippen molar-refractivity contribution in [2.45, 2.75) is 12.2 Å². The summed E-state index contributed by atoms with van der Waals surface area (Å²) in [6, 6.07) is 1.97. The summed E-state index contributed by atoms with van der Waals surface area (Å²) in [7, 11) is 0. The predicted molar refractivity (Wildman–Crippen MR) is 57.4 cm³/mol. The smallest absolute Gasteiger partial charge is 0.416 e. The van der Waals surface area contributed by atoms with E-state index in [9.17, 15) is 22.8 Å². The average Bonchev–Trinajstić information content (AvgIpc) is 2.34. The molecule has 5 nitrogen and oxygen atoms in total. The first-order valence-corrected chi connectivity index (χ1v) is 5.07. The summed E-state index contributed by atoms with van der Waals surface area (Å²) in [5.41, 5.74) is -1.36. The van der Waals surface area contributed by atoms with Crippen LogP contribution in [0.15, 0.2) is 24.3 Å². The molecule has 8 heteroatoms. The Morgan fingerprint density at radius 3 is 2.42 bits per heavy atom. The molecule has 1 aromatic carbocycles. The Labute approximate surface area is 105 Å². The fourth-order valence-electron chi connectivity index (χ4n) is 1.26. The van der Waals surface area contributed by atoms with E-state index in [0.717, 1.165) is 18.2 Å². The number of carbonyl (C=O) groups is 2. The number of carboxylic acid groups (broad SMARTS) is 1. The molecule has 0 saturated heterocycles. The van der Waals surface area contributed by atoms with E-state index in [2.05, 4.69) is 0 Å². The first-order valence-electron chi connectivity index (χ1n) is 5.07. The van der Waals surface area contributed by atoms with Crippen LogP contribution in [0.2, 0.25) is 0 Å². The monoisotopic (exact) mass is 277 g/mol. The van der Waals surface area contributed by atoms with Crippen LogP contribution in [0.25, 0.3) is 0 Å². The summed E-state index contributed by atoms with van der Waals surface area (Å²) in [4.78, 5) is 22.1. The molecule has 0 aromatic heterocycles. The molecular weight excluding hydrogens is 267 g/mol. The topological polar surface area (TPSA) is 86.6 Å². The van der Waals surface area contributed by atoms with Crippen LogP contribution in [-0.4, -0.2) is 34.7 Å². The van der Waals surface area contributed by atoms with Crippen molar-refractivity contribution in [2.24, 2.45) is 0 Å². The first kappa shape index (κ1) is 15.0. The van der Waals surface area contributed by atoms with E-state index < -0.39 is 36.3 Å². The molecule has 0 aliphatic carbocycles. The highest BCUT2D eigenvalue weighted by Gasteiger charge is 2.31. The molecule has 1 atom stereocenters. The van der Waals surface area contributed by atoms with Crippen LogP contribution in [0.3, 0.4) is 0 Å². The van der Waals surface area contributed by atoms with Gasteiger partial charge in [0.25, 0.3) is 5.91 Å². The number of hydrogen-bond acceptors (Lipinski definition) is 3. The van der Waals surface area contributed by atoms with Gasteiger partial charge in [0.1, 0.15) is 0 Å². The van der Waals surface area contributed by atoms with Gasteiger partial charge < -0.3 is 15.5 Å². The number of aliphatic hydroxyl groups excluding tert-OH is 1. The lowest BCUT2D eigenvalue weighted by Gasteiger charge is -2.12. The van der Waals surface area contributed by atoms with Gasteiger partial charge in [-0.2, -0.15) is 13.2 Å². The third-order valence-corrected chi connectivity index (χ3v) is 2.24. The van der Waals surface area contributed by atoms with Gasteiger partial charge in [-0.05, 0) is 18.2 Å². The highest BCUT2D eigenvalue weighted by Crippen LogP contribution is 2.29. The lowest BCUT2D eigenvalue weighted by Crippen LogP contribution is -2.43. The first-order chi connectivity index (χ1) is 8.75. The number of aliphatic carboxylic acids is 1. The summed E-state index contributed by atoms with van der Waals surface area (Å²) in [6.07, 6.45) is -4.60. The van der Waals surface area contributed by atoms with E-state index in [4.69, 9.17) is 10.2 Å². The summed E-state index contributed by atoms with van der Waals surface area (Å²) < 4.78 is 37.3. The minimum atomic E-state index is -4.60. The van der Waals surface area contributed by atoms with Gasteiger partial charge in [0.2, 0.25) is 0 Å². The molecule has 0 bridgehead atoms. The third-order valence-electron chi connectivity index (χ3n) is 2.24. The number of hydrogen-bond donors (Lipinski definition) is 3. The van der Waals surface area contributed by atoms with Crippen LogP contribution in [0.1, 0.15) is 15.9 Å². The summed E-state index contributed by atoms with van der Waals surface area (Å²) >= 11 is 0. The summed E-state index contributed by atoms with van der Waals surface area (Å²) in [5, 5.41) is 19.2. The molecule has 19 heavy (non-hydrogen) atoms. The van der Waals surface area contributed by atoms with E-state index in [-0.39, 0.29) is 5.56 Å². The number of aliphatic hydroxyl groups is 1. The fourth-order valence-corrected chi connectivity index (χ4v) is 1.26. The van der Waals surface area contributed by atoms with Gasteiger partial charge in [-0.1, -0.05) is 6.07 Å². The number of amides is 1. The quantitative estimate of drug-likeness (QED) is 0.762. The van der Waals surface area contributed by atoms with Crippen LogP contribution in [0.5, 0.6) is 0 Å². The number of carboxylic acids is 1. The molecule has 1 rings (SSSR count). The van der Waals surface area contributed by atoms with Crippen LogP contribution in [0.4, 0.5) is 13.2 Å². The van der Waals surface area contributed by atoms with E-state index in [1.54, 1.807) is 0 Å². The van der Waals surface area contributed by atoms with E-state index >= 15 is 0 Å². The molecule has 0 spiro atoms. The Morgan fingerprint density at radius 1 is 1.32 bits per heavy atom. The van der Waals surface area contributed by atoms with E-state index in [0.29, 0.717) is 6.07 Å². The second-order valence-corrected chi connectivity index (χ2v) is 3.63. The molecule has 1 unspecified atom stereocenters. The molecule has 104 valence electrons. The Bertz CT molecular complexity index is 487. The van der Waals surface area contributed by atoms with Gasteiger partial charge in [0, 0.05) is 5.56 Å². The highest BCUT2D eigenvalue weighted by molar-refractivity contribution is 5.96. The Kier molecular flexibility index (Phi) is 4.49. The lowest BCUT2D eigenvalue weighted by molar-refractivity contribution is -0.140. The molecule has 0 radical (unpaired) electrons. The van der Waals surface area contributed by atoms with Gasteiger partial charge >= 0.3 is 12.1 Å². The van der Waals surface area contributed by atoms with E-state index in [1.165, 1.54) is 0 Å². The molecule has 0 fully saturated rings. The number of halogens is 3. The van der Waals surface area contributed by atoms with Crippen LogP contribution in [0, 0.1) is 0 Å². The Hall–Kier alpha value is -2.09. The van der Waals surface area contributed by atoms with Crippen molar-refractivity contribution in [3.63, 3.8) is 0 Å². The van der Waals surface area contributed by atoms with Crippen LogP contribution >= 0.6 is 0 Å². The average molecular weight is 277 g/mol. The second kappa shape index (κ2) is 5.70. The Balaban J connectivity index is 2.92. The van der Waals surface area contributed by atoms with E-state index in [1.807, 2.05) is 5.32 Å². The molecule has 0 saturated carbocycles. The minimum absolute atomic E-state index is 0.338. The summed E-state index contributed by atoms with van der Waals surface area (Å²) in [5.74, 6) is -2.49. The van der Waals surface area contributed by atoms with Crippen molar-refractivity contribution < 1.29 is 33.0 Å². The van der Waals surface area contributed by atoms with Gasteiger partial charge in [-0.3, -0.25) is 4.79 Å². The number of carbonyl (C=O) groups excluding carboxylic acids is 1. The number of nitrogens with one attached hydrogen (secondary N) is 1. The number of alkyl halides is 3. The maximum absolute atomic E-state index is 12.4. The molecule has 0 aliphatic rings. The minimum Gasteiger partial charge on any atom is -0.480 e. The normalized spacial score (nSPS) is 12.8. The predicted octanol–water partition coefficient (Wildman–Crippen LogP) is 0.881. The zero-order chi connectivity index (χ0) is 14.6. The van der Waals surface area contributed by atoms with Crippen molar-refractivity contribution in [3.8, 4) is 0 Å². The van der Waals surface area contributed by atoms with Crippen molar-refractivity contribution in [1.29, 1.82) is 0 Å². The number of benzene rings is 1. The van der Waals surface area contributed by atoms with Gasteiger partial charge in [0.15, 0.2) is 6.04 Å². The molecule has 0 aliphatic heterocycles. The van der Waals surface area contributed by atoms with Gasteiger partial charge in [0.05, 0.1) is 12.2 Å². The molecule has 3 N–H and O–H groups in total. The zero-order valence-corrected chi connectivity index (χ0v) is 9.44.